The molecule has 0 amide bonds. The summed E-state index contributed by atoms with van der Waals surface area (Å²) in [5.74, 6) is 1.38. The molecule has 0 spiro atoms. The Bertz CT molecular complexity index is 546. The molecule has 19 heavy (non-hydrogen) atoms. The third-order valence-corrected chi connectivity index (χ3v) is 3.23. The average molecular weight is 277 g/mol. The van der Waals surface area contributed by atoms with Crippen molar-refractivity contribution in [1.82, 2.24) is 24.9 Å². The first-order valence-electron chi connectivity index (χ1n) is 5.68. The van der Waals surface area contributed by atoms with E-state index < -0.39 is 0 Å². The zero-order valence-electron chi connectivity index (χ0n) is 11.0. The first-order valence-corrected chi connectivity index (χ1v) is 6.56. The molecule has 0 aliphatic carbocycles. The van der Waals surface area contributed by atoms with E-state index in [4.69, 9.17) is 5.73 Å². The second-order valence-electron chi connectivity index (χ2n) is 4.04. The molecule has 0 radical (unpaired) electrons. The molecule has 0 fully saturated rings. The van der Waals surface area contributed by atoms with Crippen LogP contribution in [0.3, 0.4) is 0 Å². The van der Waals surface area contributed by atoms with Gasteiger partial charge in [-0.15, -0.1) is 0 Å². The molecule has 2 aromatic heterocycles. The normalized spacial score (nSPS) is 12.2. The highest BCUT2D eigenvalue weighted by atomic mass is 32.2. The average Bonchev–Trinajstić information content (AvgIpc) is 2.39. The minimum atomic E-state index is -0.00796. The van der Waals surface area contributed by atoms with Crippen molar-refractivity contribution in [3.05, 3.63) is 24.3 Å². The Morgan fingerprint density at radius 2 is 1.84 bits per heavy atom. The second-order valence-corrected chi connectivity index (χ2v) is 5.35. The maximum absolute atomic E-state index is 5.70. The molecule has 0 aliphatic heterocycles. The van der Waals surface area contributed by atoms with Crippen LogP contribution in [0.25, 0.3) is 0 Å². The van der Waals surface area contributed by atoms with Crippen LogP contribution in [0, 0.1) is 0 Å². The fourth-order valence-electron chi connectivity index (χ4n) is 1.34. The van der Waals surface area contributed by atoms with E-state index in [0.717, 1.165) is 0 Å². The Hall–Kier alpha value is -1.96. The van der Waals surface area contributed by atoms with Crippen molar-refractivity contribution in [2.24, 2.45) is 0 Å². The van der Waals surface area contributed by atoms with Gasteiger partial charge in [0.25, 0.3) is 0 Å². The summed E-state index contributed by atoms with van der Waals surface area (Å²) in [6.07, 6.45) is 3.41. The Labute approximate surface area is 115 Å². The molecular weight excluding hydrogens is 262 g/mol. The molecule has 2 N–H and O–H groups in total. The molecule has 8 heteroatoms. The number of nitrogen functional groups attached to an aromatic ring is 1. The van der Waals surface area contributed by atoms with Gasteiger partial charge in [0.15, 0.2) is 5.16 Å². The van der Waals surface area contributed by atoms with Gasteiger partial charge in [-0.3, -0.25) is 0 Å². The summed E-state index contributed by atoms with van der Waals surface area (Å²) >= 11 is 1.48. The molecule has 7 nitrogen and oxygen atoms in total. The SMILES string of the molecule is CC(Sc1ncccn1)c1nc(N)nc(N(C)C)n1. The molecule has 0 bridgehead atoms. The van der Waals surface area contributed by atoms with E-state index in [1.165, 1.54) is 11.8 Å². The Morgan fingerprint density at radius 3 is 2.47 bits per heavy atom. The molecule has 1 unspecified atom stereocenters. The van der Waals surface area contributed by atoms with Gasteiger partial charge >= 0.3 is 0 Å². The van der Waals surface area contributed by atoms with Gasteiger partial charge in [-0.05, 0) is 13.0 Å². The van der Waals surface area contributed by atoms with Gasteiger partial charge in [0.1, 0.15) is 5.82 Å². The lowest BCUT2D eigenvalue weighted by atomic mass is 10.4. The van der Waals surface area contributed by atoms with E-state index in [1.807, 2.05) is 21.0 Å². The van der Waals surface area contributed by atoms with Crippen LogP contribution in [0.1, 0.15) is 18.0 Å². The number of nitrogens with zero attached hydrogens (tertiary/aromatic N) is 6. The zero-order valence-corrected chi connectivity index (χ0v) is 11.8. The number of thioether (sulfide) groups is 1. The summed E-state index contributed by atoms with van der Waals surface area (Å²) in [4.78, 5) is 22.7. The number of rotatable bonds is 4. The summed E-state index contributed by atoms with van der Waals surface area (Å²) in [5, 5.41) is 0.673. The largest absolute Gasteiger partial charge is 0.368 e. The van der Waals surface area contributed by atoms with Gasteiger partial charge < -0.3 is 10.6 Å². The van der Waals surface area contributed by atoms with Gasteiger partial charge in [-0.2, -0.15) is 15.0 Å². The monoisotopic (exact) mass is 277 g/mol. The number of nitrogens with two attached hydrogens (primary N) is 1. The lowest BCUT2D eigenvalue weighted by molar-refractivity contribution is 0.857. The highest BCUT2D eigenvalue weighted by molar-refractivity contribution is 7.99. The maximum Gasteiger partial charge on any atom is 0.229 e. The quantitative estimate of drug-likeness (QED) is 0.657. The van der Waals surface area contributed by atoms with Crippen molar-refractivity contribution in [3.63, 3.8) is 0 Å². The molecular formula is C11H15N7S. The number of hydrogen-bond acceptors (Lipinski definition) is 8. The molecule has 2 heterocycles. The highest BCUT2D eigenvalue weighted by Crippen LogP contribution is 2.30. The Balaban J connectivity index is 2.21. The second kappa shape index (κ2) is 5.79. The van der Waals surface area contributed by atoms with Crippen LogP contribution in [0.2, 0.25) is 0 Å². The van der Waals surface area contributed by atoms with E-state index in [2.05, 4.69) is 24.9 Å². The predicted octanol–water partition coefficient (Wildman–Crippen LogP) is 1.16. The lowest BCUT2D eigenvalue weighted by Gasteiger charge is -2.14. The van der Waals surface area contributed by atoms with Crippen molar-refractivity contribution >= 4 is 23.7 Å². The van der Waals surface area contributed by atoms with Crippen LogP contribution in [0.5, 0.6) is 0 Å². The van der Waals surface area contributed by atoms with E-state index in [-0.39, 0.29) is 11.2 Å². The van der Waals surface area contributed by atoms with Crippen molar-refractivity contribution in [3.8, 4) is 0 Å². The standard InChI is InChI=1S/C11H15N7S/c1-7(19-11-13-5-4-6-14-11)8-15-9(12)17-10(16-8)18(2)3/h4-7H,1-3H3,(H2,12,15,16,17). The fraction of sp³-hybridized carbons (Fsp3) is 0.364. The van der Waals surface area contributed by atoms with Crippen LogP contribution < -0.4 is 10.6 Å². The highest BCUT2D eigenvalue weighted by Gasteiger charge is 2.15. The van der Waals surface area contributed by atoms with Crippen LogP contribution in [-0.4, -0.2) is 39.0 Å². The first-order chi connectivity index (χ1) is 9.06. The van der Waals surface area contributed by atoms with Crippen LogP contribution in [0.15, 0.2) is 23.6 Å². The Morgan fingerprint density at radius 1 is 1.16 bits per heavy atom. The molecule has 1 atom stereocenters. The van der Waals surface area contributed by atoms with Crippen LogP contribution in [-0.2, 0) is 0 Å². The van der Waals surface area contributed by atoms with Crippen molar-refractivity contribution in [2.45, 2.75) is 17.3 Å². The van der Waals surface area contributed by atoms with Crippen LogP contribution in [0.4, 0.5) is 11.9 Å². The van der Waals surface area contributed by atoms with Gasteiger partial charge in [0.2, 0.25) is 11.9 Å². The van der Waals surface area contributed by atoms with Gasteiger partial charge in [0, 0.05) is 26.5 Å². The van der Waals surface area contributed by atoms with E-state index >= 15 is 0 Å². The van der Waals surface area contributed by atoms with Gasteiger partial charge in [-0.1, -0.05) is 11.8 Å². The zero-order chi connectivity index (χ0) is 13.8. The molecule has 0 aromatic carbocycles. The number of anilines is 2. The molecule has 100 valence electrons. The third-order valence-electron chi connectivity index (χ3n) is 2.25. The number of hydrogen-bond donors (Lipinski definition) is 1. The van der Waals surface area contributed by atoms with Crippen molar-refractivity contribution in [2.75, 3.05) is 24.7 Å². The molecule has 2 aromatic rings. The first kappa shape index (κ1) is 13.5. The summed E-state index contributed by atoms with van der Waals surface area (Å²) in [6.45, 7) is 1.98. The summed E-state index contributed by atoms with van der Waals surface area (Å²) in [6, 6.07) is 1.78. The van der Waals surface area contributed by atoms with Crippen molar-refractivity contribution < 1.29 is 0 Å². The molecule has 0 saturated carbocycles. The van der Waals surface area contributed by atoms with E-state index in [0.29, 0.717) is 16.9 Å². The minimum Gasteiger partial charge on any atom is -0.368 e. The van der Waals surface area contributed by atoms with Crippen LogP contribution >= 0.6 is 11.8 Å². The minimum absolute atomic E-state index is 0.00796. The fourth-order valence-corrected chi connectivity index (χ4v) is 2.11. The van der Waals surface area contributed by atoms with E-state index in [9.17, 15) is 0 Å². The maximum atomic E-state index is 5.70. The van der Waals surface area contributed by atoms with Crippen molar-refractivity contribution in [1.29, 1.82) is 0 Å². The molecule has 2 rings (SSSR count). The summed E-state index contributed by atoms with van der Waals surface area (Å²) in [5.41, 5.74) is 5.70. The topological polar surface area (TPSA) is 93.7 Å². The van der Waals surface area contributed by atoms with E-state index in [1.54, 1.807) is 23.4 Å². The third kappa shape index (κ3) is 3.50. The molecule has 0 saturated heterocycles. The predicted molar refractivity (Wildman–Crippen MR) is 74.9 cm³/mol. The summed E-state index contributed by atoms with van der Waals surface area (Å²) < 4.78 is 0. The molecule has 0 aliphatic rings. The Kier molecular flexibility index (Phi) is 4.10. The van der Waals surface area contributed by atoms with Gasteiger partial charge in [-0.25, -0.2) is 9.97 Å². The number of aromatic nitrogens is 5. The lowest BCUT2D eigenvalue weighted by Crippen LogP contribution is -2.16. The van der Waals surface area contributed by atoms with Gasteiger partial charge in [0.05, 0.1) is 5.25 Å². The smallest absolute Gasteiger partial charge is 0.229 e. The summed E-state index contributed by atoms with van der Waals surface area (Å²) in [7, 11) is 3.72.